The molecule has 0 radical (unpaired) electrons. The van der Waals surface area contributed by atoms with Gasteiger partial charge in [0, 0.05) is 19.3 Å². The van der Waals surface area contributed by atoms with Crippen molar-refractivity contribution in [3.63, 3.8) is 0 Å². The van der Waals surface area contributed by atoms with Crippen LogP contribution in [0.15, 0.2) is 36.5 Å². The van der Waals surface area contributed by atoms with Crippen molar-refractivity contribution in [2.75, 3.05) is 13.2 Å². The largest absolute Gasteiger partial charge is 0.462 e. The van der Waals surface area contributed by atoms with E-state index in [1.54, 1.807) is 0 Å². The van der Waals surface area contributed by atoms with Gasteiger partial charge in [0.05, 0.1) is 0 Å². The third-order valence-electron chi connectivity index (χ3n) is 16.4. The van der Waals surface area contributed by atoms with E-state index in [0.717, 1.165) is 83.5 Å². The Balaban J connectivity index is 4.19. The third kappa shape index (κ3) is 66.4. The number of allylic oxidation sites excluding steroid dienone is 6. The lowest BCUT2D eigenvalue weighted by Gasteiger charge is -2.18. The Morgan fingerprint density at radius 2 is 0.487 bits per heavy atom. The lowest BCUT2D eigenvalue weighted by molar-refractivity contribution is -0.167. The van der Waals surface area contributed by atoms with Crippen molar-refractivity contribution in [1.29, 1.82) is 0 Å². The van der Waals surface area contributed by atoms with E-state index in [1.165, 1.54) is 276 Å². The predicted molar refractivity (Wildman–Crippen MR) is 349 cm³/mol. The topological polar surface area (TPSA) is 78.9 Å². The zero-order chi connectivity index (χ0) is 57.8. The molecule has 1 unspecified atom stereocenters. The van der Waals surface area contributed by atoms with Gasteiger partial charge in [0.2, 0.25) is 0 Å². The number of rotatable bonds is 67. The SMILES string of the molecule is CC/C=C\C/C=C\C/C=C\CCCCCCCCCC(=O)OC(COC(=O)CCCCCCCCCCCCCCCCCC)COC(=O)CCCCCCCCCCCCCCCCCCCCCCCCCCCCCCC. The quantitative estimate of drug-likeness (QED) is 0.0261. The van der Waals surface area contributed by atoms with Crippen LogP contribution < -0.4 is 0 Å². The van der Waals surface area contributed by atoms with Crippen LogP contribution in [0.25, 0.3) is 0 Å². The average Bonchev–Trinajstić information content (AvgIpc) is 3.46. The maximum atomic E-state index is 12.9. The molecular weight excluding hydrogens is 985 g/mol. The molecule has 0 aliphatic heterocycles. The second-order valence-electron chi connectivity index (χ2n) is 24.5. The van der Waals surface area contributed by atoms with Crippen LogP contribution in [-0.2, 0) is 28.6 Å². The fourth-order valence-corrected chi connectivity index (χ4v) is 11.1. The molecular formula is C74H138O6. The zero-order valence-electron chi connectivity index (χ0n) is 54.1. The summed E-state index contributed by atoms with van der Waals surface area (Å²) in [6.07, 6.45) is 86.1. The Hall–Kier alpha value is -2.37. The van der Waals surface area contributed by atoms with Crippen molar-refractivity contribution in [2.24, 2.45) is 0 Å². The van der Waals surface area contributed by atoms with Crippen LogP contribution in [0.3, 0.4) is 0 Å². The molecule has 0 amide bonds. The van der Waals surface area contributed by atoms with Gasteiger partial charge in [-0.2, -0.15) is 0 Å². The molecule has 0 aromatic rings. The van der Waals surface area contributed by atoms with Crippen LogP contribution >= 0.6 is 0 Å². The normalized spacial score (nSPS) is 12.2. The molecule has 1 atom stereocenters. The number of ether oxygens (including phenoxy) is 3. The van der Waals surface area contributed by atoms with Crippen LogP contribution in [0.5, 0.6) is 0 Å². The third-order valence-corrected chi connectivity index (χ3v) is 16.4. The lowest BCUT2D eigenvalue weighted by atomic mass is 10.0. The maximum Gasteiger partial charge on any atom is 0.306 e. The fraction of sp³-hybridized carbons (Fsp3) is 0.878. The van der Waals surface area contributed by atoms with Gasteiger partial charge in [-0.1, -0.05) is 365 Å². The van der Waals surface area contributed by atoms with E-state index in [4.69, 9.17) is 14.2 Å². The fourth-order valence-electron chi connectivity index (χ4n) is 11.1. The van der Waals surface area contributed by atoms with Crippen LogP contribution in [0.1, 0.15) is 400 Å². The summed E-state index contributed by atoms with van der Waals surface area (Å²) in [6.45, 7) is 6.60. The summed E-state index contributed by atoms with van der Waals surface area (Å²) in [5.74, 6) is -0.849. The molecule has 0 aromatic carbocycles. The van der Waals surface area contributed by atoms with Crippen molar-refractivity contribution >= 4 is 17.9 Å². The first-order valence-corrected chi connectivity index (χ1v) is 36.0. The summed E-state index contributed by atoms with van der Waals surface area (Å²) in [6, 6.07) is 0. The minimum absolute atomic E-state index is 0.0704. The first kappa shape index (κ1) is 77.6. The Labute approximate surface area is 499 Å². The average molecular weight is 1120 g/mol. The summed E-state index contributed by atoms with van der Waals surface area (Å²) in [5.41, 5.74) is 0. The van der Waals surface area contributed by atoms with Crippen molar-refractivity contribution in [2.45, 2.75) is 406 Å². The molecule has 0 fully saturated rings. The Morgan fingerprint density at radius 3 is 0.762 bits per heavy atom. The number of carbonyl (C=O) groups excluding carboxylic acids is 3. The lowest BCUT2D eigenvalue weighted by Crippen LogP contribution is -2.30. The molecule has 0 saturated heterocycles. The van der Waals surface area contributed by atoms with Gasteiger partial charge in [-0.15, -0.1) is 0 Å². The summed E-state index contributed by atoms with van der Waals surface area (Å²) in [4.78, 5) is 38.4. The number of hydrogen-bond acceptors (Lipinski definition) is 6. The molecule has 0 saturated carbocycles. The molecule has 6 heteroatoms. The highest BCUT2D eigenvalue weighted by Crippen LogP contribution is 2.19. The molecule has 0 aliphatic rings. The minimum atomic E-state index is -0.775. The summed E-state index contributed by atoms with van der Waals surface area (Å²) in [7, 11) is 0. The molecule has 0 rings (SSSR count). The minimum Gasteiger partial charge on any atom is -0.462 e. The highest BCUT2D eigenvalue weighted by atomic mass is 16.6. The van der Waals surface area contributed by atoms with Gasteiger partial charge in [0.15, 0.2) is 6.10 Å². The van der Waals surface area contributed by atoms with Gasteiger partial charge in [0.25, 0.3) is 0 Å². The first-order chi connectivity index (χ1) is 39.5. The van der Waals surface area contributed by atoms with Gasteiger partial charge < -0.3 is 14.2 Å². The van der Waals surface area contributed by atoms with Crippen LogP contribution in [-0.4, -0.2) is 37.2 Å². The van der Waals surface area contributed by atoms with E-state index in [9.17, 15) is 14.4 Å². The zero-order valence-corrected chi connectivity index (χ0v) is 54.1. The molecule has 80 heavy (non-hydrogen) atoms. The summed E-state index contributed by atoms with van der Waals surface area (Å²) >= 11 is 0. The first-order valence-electron chi connectivity index (χ1n) is 36.0. The van der Waals surface area contributed by atoms with E-state index in [0.29, 0.717) is 19.3 Å². The van der Waals surface area contributed by atoms with E-state index >= 15 is 0 Å². The molecule has 0 N–H and O–H groups in total. The van der Waals surface area contributed by atoms with E-state index in [2.05, 4.69) is 57.2 Å². The van der Waals surface area contributed by atoms with E-state index in [1.807, 2.05) is 0 Å². The van der Waals surface area contributed by atoms with Crippen LogP contribution in [0.2, 0.25) is 0 Å². The standard InChI is InChI=1S/C74H138O6/c1-4-7-10-13-16-19-22-25-28-31-32-33-34-35-36-37-38-39-40-41-42-44-46-49-52-55-58-61-64-67-73(76)79-70-71(69-78-72(75)66-63-60-57-54-51-48-45-30-27-24-21-18-15-12-9-6-3)80-74(77)68-65-62-59-56-53-50-47-43-29-26-23-20-17-14-11-8-5-2/h8,11,17,20,26,29,71H,4-7,9-10,12-16,18-19,21-25,27-28,30-70H2,1-3H3/b11-8-,20-17-,29-26-. The number of carbonyl (C=O) groups is 3. The van der Waals surface area contributed by atoms with Gasteiger partial charge in [-0.05, 0) is 51.4 Å². The van der Waals surface area contributed by atoms with Crippen molar-refractivity contribution in [3.8, 4) is 0 Å². The van der Waals surface area contributed by atoms with Gasteiger partial charge in [0.1, 0.15) is 13.2 Å². The van der Waals surface area contributed by atoms with Gasteiger partial charge >= 0.3 is 17.9 Å². The molecule has 0 bridgehead atoms. The van der Waals surface area contributed by atoms with E-state index in [-0.39, 0.29) is 31.1 Å². The van der Waals surface area contributed by atoms with Crippen LogP contribution in [0.4, 0.5) is 0 Å². The predicted octanol–water partition coefficient (Wildman–Crippen LogP) is 24.7. The van der Waals surface area contributed by atoms with E-state index < -0.39 is 6.10 Å². The highest BCUT2D eigenvalue weighted by molar-refractivity contribution is 5.71. The Morgan fingerprint density at radius 1 is 0.263 bits per heavy atom. The van der Waals surface area contributed by atoms with Gasteiger partial charge in [-0.25, -0.2) is 0 Å². The molecule has 0 aliphatic carbocycles. The second-order valence-corrected chi connectivity index (χ2v) is 24.5. The maximum absolute atomic E-state index is 12.9. The Kier molecular flexibility index (Phi) is 67.1. The smallest absolute Gasteiger partial charge is 0.306 e. The van der Waals surface area contributed by atoms with Crippen molar-refractivity contribution in [1.82, 2.24) is 0 Å². The molecule has 0 spiro atoms. The van der Waals surface area contributed by atoms with Crippen molar-refractivity contribution in [3.05, 3.63) is 36.5 Å². The summed E-state index contributed by atoms with van der Waals surface area (Å²) in [5, 5.41) is 0. The monoisotopic (exact) mass is 1120 g/mol. The molecule has 0 aromatic heterocycles. The van der Waals surface area contributed by atoms with Gasteiger partial charge in [-0.3, -0.25) is 14.4 Å². The number of esters is 3. The molecule has 0 heterocycles. The number of unbranched alkanes of at least 4 members (excludes halogenated alkanes) is 50. The summed E-state index contributed by atoms with van der Waals surface area (Å²) < 4.78 is 17.0. The Bertz CT molecular complexity index is 1340. The van der Waals surface area contributed by atoms with Crippen molar-refractivity contribution < 1.29 is 28.6 Å². The molecule has 470 valence electrons. The molecule has 6 nitrogen and oxygen atoms in total. The number of hydrogen-bond donors (Lipinski definition) is 0. The van der Waals surface area contributed by atoms with Crippen LogP contribution in [0, 0.1) is 0 Å². The highest BCUT2D eigenvalue weighted by Gasteiger charge is 2.19. The second kappa shape index (κ2) is 69.1.